The van der Waals surface area contributed by atoms with Crippen molar-refractivity contribution in [1.29, 1.82) is 0 Å². The molecule has 1 aliphatic rings. The van der Waals surface area contributed by atoms with E-state index in [1.54, 1.807) is 0 Å². The van der Waals surface area contributed by atoms with E-state index in [0.717, 1.165) is 13.1 Å². The summed E-state index contributed by atoms with van der Waals surface area (Å²) in [6.07, 6.45) is 4.79. The van der Waals surface area contributed by atoms with E-state index in [2.05, 4.69) is 62.3 Å². The van der Waals surface area contributed by atoms with Gasteiger partial charge in [-0.3, -0.25) is 0 Å². The Balaban J connectivity index is 2.02. The van der Waals surface area contributed by atoms with Crippen LogP contribution >= 0.6 is 0 Å². The highest BCUT2D eigenvalue weighted by Crippen LogP contribution is 2.27. The number of nitrogens with zero attached hydrogens (tertiary/aromatic N) is 1. The molecule has 0 saturated carbocycles. The Morgan fingerprint density at radius 3 is 2.95 bits per heavy atom. The zero-order valence-corrected chi connectivity index (χ0v) is 13.4. The van der Waals surface area contributed by atoms with Gasteiger partial charge in [0.05, 0.1) is 0 Å². The van der Waals surface area contributed by atoms with Crippen LogP contribution in [-0.4, -0.2) is 26.7 Å². The maximum atomic E-state index is 3.50. The molecule has 0 atom stereocenters. The standard InChI is InChI=1S/C18H28N2/c1-14(2)12-19-13-15(3)10-16-7-8-18-17(11-16)6-5-9-20(18)4/h7-8,10-11,14,19H,5-6,9,12-13H2,1-4H3. The first-order chi connectivity index (χ1) is 9.56. The maximum Gasteiger partial charge on any atom is 0.0396 e. The van der Waals surface area contributed by atoms with Crippen LogP contribution in [0.3, 0.4) is 0 Å². The highest BCUT2D eigenvalue weighted by atomic mass is 15.1. The van der Waals surface area contributed by atoms with Gasteiger partial charge in [0.15, 0.2) is 0 Å². The number of nitrogens with one attached hydrogen (secondary N) is 1. The number of rotatable bonds is 5. The Kier molecular flexibility index (Phi) is 5.24. The van der Waals surface area contributed by atoms with Gasteiger partial charge in [-0.05, 0) is 55.5 Å². The van der Waals surface area contributed by atoms with Gasteiger partial charge in [-0.1, -0.05) is 31.6 Å². The number of fused-ring (bicyclic) bond motifs is 1. The first-order valence-corrected chi connectivity index (χ1v) is 7.78. The molecule has 2 rings (SSSR count). The summed E-state index contributed by atoms with van der Waals surface area (Å²) in [6.45, 7) is 9.94. The molecule has 0 bridgehead atoms. The molecule has 110 valence electrons. The molecule has 0 aromatic heterocycles. The van der Waals surface area contributed by atoms with Crippen LogP contribution in [-0.2, 0) is 6.42 Å². The maximum absolute atomic E-state index is 3.50. The largest absolute Gasteiger partial charge is 0.374 e. The van der Waals surface area contributed by atoms with Crippen molar-refractivity contribution in [3.8, 4) is 0 Å². The normalized spacial score (nSPS) is 15.7. The smallest absolute Gasteiger partial charge is 0.0396 e. The molecule has 20 heavy (non-hydrogen) atoms. The van der Waals surface area contributed by atoms with Gasteiger partial charge < -0.3 is 10.2 Å². The average Bonchev–Trinajstić information content (AvgIpc) is 2.38. The first kappa shape index (κ1) is 15.1. The summed E-state index contributed by atoms with van der Waals surface area (Å²) in [4.78, 5) is 2.36. The third-order valence-electron chi connectivity index (χ3n) is 3.82. The minimum atomic E-state index is 0.710. The molecule has 1 heterocycles. The number of anilines is 1. The topological polar surface area (TPSA) is 15.3 Å². The monoisotopic (exact) mass is 272 g/mol. The lowest BCUT2D eigenvalue weighted by Gasteiger charge is -2.27. The van der Waals surface area contributed by atoms with E-state index in [1.165, 1.54) is 41.8 Å². The van der Waals surface area contributed by atoms with E-state index in [9.17, 15) is 0 Å². The second-order valence-electron chi connectivity index (χ2n) is 6.43. The van der Waals surface area contributed by atoms with Gasteiger partial charge in [0.1, 0.15) is 0 Å². The van der Waals surface area contributed by atoms with Crippen LogP contribution in [0.25, 0.3) is 6.08 Å². The van der Waals surface area contributed by atoms with E-state index >= 15 is 0 Å². The van der Waals surface area contributed by atoms with Crippen molar-refractivity contribution in [3.63, 3.8) is 0 Å². The average molecular weight is 272 g/mol. The van der Waals surface area contributed by atoms with Gasteiger partial charge in [-0.2, -0.15) is 0 Å². The van der Waals surface area contributed by atoms with Crippen molar-refractivity contribution in [3.05, 3.63) is 34.9 Å². The Morgan fingerprint density at radius 2 is 2.20 bits per heavy atom. The molecule has 2 nitrogen and oxygen atoms in total. The Bertz CT molecular complexity index is 474. The second-order valence-corrected chi connectivity index (χ2v) is 6.43. The summed E-state index contributed by atoms with van der Waals surface area (Å²) < 4.78 is 0. The number of hydrogen-bond donors (Lipinski definition) is 1. The molecular weight excluding hydrogens is 244 g/mol. The number of hydrogen-bond acceptors (Lipinski definition) is 2. The molecule has 2 heteroatoms. The zero-order chi connectivity index (χ0) is 14.5. The number of aryl methyl sites for hydroxylation is 1. The van der Waals surface area contributed by atoms with E-state index in [-0.39, 0.29) is 0 Å². The third kappa shape index (κ3) is 4.11. The lowest BCUT2D eigenvalue weighted by molar-refractivity contribution is 0.572. The predicted molar refractivity (Wildman–Crippen MR) is 89.4 cm³/mol. The fourth-order valence-corrected chi connectivity index (χ4v) is 2.79. The quantitative estimate of drug-likeness (QED) is 0.879. The van der Waals surface area contributed by atoms with E-state index in [0.29, 0.717) is 5.92 Å². The van der Waals surface area contributed by atoms with Crippen LogP contribution in [0.1, 0.15) is 38.3 Å². The van der Waals surface area contributed by atoms with Gasteiger partial charge in [-0.15, -0.1) is 0 Å². The van der Waals surface area contributed by atoms with Gasteiger partial charge in [-0.25, -0.2) is 0 Å². The Labute approximate surface area is 123 Å². The van der Waals surface area contributed by atoms with E-state index < -0.39 is 0 Å². The molecule has 1 aromatic carbocycles. The highest BCUT2D eigenvalue weighted by molar-refractivity contribution is 5.62. The fraction of sp³-hybridized carbons (Fsp3) is 0.556. The predicted octanol–water partition coefficient (Wildman–Crippen LogP) is 3.72. The van der Waals surface area contributed by atoms with Crippen molar-refractivity contribution in [2.45, 2.75) is 33.6 Å². The minimum Gasteiger partial charge on any atom is -0.374 e. The van der Waals surface area contributed by atoms with Crippen molar-refractivity contribution in [2.75, 3.05) is 31.6 Å². The molecular formula is C18H28N2. The van der Waals surface area contributed by atoms with Crippen LogP contribution in [0, 0.1) is 5.92 Å². The summed E-state index contributed by atoms with van der Waals surface area (Å²) in [6, 6.07) is 6.87. The van der Waals surface area contributed by atoms with Crippen LogP contribution in [0.2, 0.25) is 0 Å². The highest BCUT2D eigenvalue weighted by Gasteiger charge is 2.13. The van der Waals surface area contributed by atoms with Crippen LogP contribution in [0.4, 0.5) is 5.69 Å². The molecule has 1 aliphatic heterocycles. The van der Waals surface area contributed by atoms with Gasteiger partial charge in [0.2, 0.25) is 0 Å². The molecule has 0 fully saturated rings. The lowest BCUT2D eigenvalue weighted by Crippen LogP contribution is -2.24. The SMILES string of the molecule is CC(=Cc1ccc2c(c1)CCCN2C)CNCC(C)C. The van der Waals surface area contributed by atoms with E-state index in [4.69, 9.17) is 0 Å². The van der Waals surface area contributed by atoms with Crippen molar-refractivity contribution in [1.82, 2.24) is 5.32 Å². The third-order valence-corrected chi connectivity index (χ3v) is 3.82. The Hall–Kier alpha value is -1.28. The van der Waals surface area contributed by atoms with Gasteiger partial charge in [0, 0.05) is 25.8 Å². The second kappa shape index (κ2) is 6.94. The van der Waals surface area contributed by atoms with Gasteiger partial charge >= 0.3 is 0 Å². The van der Waals surface area contributed by atoms with Gasteiger partial charge in [0.25, 0.3) is 0 Å². The lowest BCUT2D eigenvalue weighted by atomic mass is 9.99. The Morgan fingerprint density at radius 1 is 1.40 bits per heavy atom. The summed E-state index contributed by atoms with van der Waals surface area (Å²) in [5.74, 6) is 0.710. The molecule has 0 saturated heterocycles. The zero-order valence-electron chi connectivity index (χ0n) is 13.4. The number of benzene rings is 1. The van der Waals surface area contributed by atoms with E-state index in [1.807, 2.05) is 0 Å². The molecule has 1 N–H and O–H groups in total. The van der Waals surface area contributed by atoms with Crippen LogP contribution in [0.5, 0.6) is 0 Å². The van der Waals surface area contributed by atoms with Crippen molar-refractivity contribution in [2.24, 2.45) is 5.92 Å². The summed E-state index contributed by atoms with van der Waals surface area (Å²) in [7, 11) is 2.19. The van der Waals surface area contributed by atoms with Crippen LogP contribution < -0.4 is 10.2 Å². The summed E-state index contributed by atoms with van der Waals surface area (Å²) >= 11 is 0. The summed E-state index contributed by atoms with van der Waals surface area (Å²) in [5, 5.41) is 3.50. The molecule has 0 aliphatic carbocycles. The molecule has 0 unspecified atom stereocenters. The molecule has 1 aromatic rings. The van der Waals surface area contributed by atoms with Crippen LogP contribution in [0.15, 0.2) is 23.8 Å². The molecule has 0 radical (unpaired) electrons. The first-order valence-electron chi connectivity index (χ1n) is 7.78. The fourth-order valence-electron chi connectivity index (χ4n) is 2.79. The van der Waals surface area contributed by atoms with Crippen molar-refractivity contribution < 1.29 is 0 Å². The summed E-state index contributed by atoms with van der Waals surface area (Å²) in [5.41, 5.74) is 5.64. The van der Waals surface area contributed by atoms with Crippen molar-refractivity contribution >= 4 is 11.8 Å². The molecule has 0 amide bonds. The molecule has 0 spiro atoms. The minimum absolute atomic E-state index is 0.710.